The van der Waals surface area contributed by atoms with Crippen molar-refractivity contribution in [3.8, 4) is 0 Å². The smallest absolute Gasteiger partial charge is 0.331 e. The van der Waals surface area contributed by atoms with Crippen LogP contribution < -0.4 is 0 Å². The summed E-state index contributed by atoms with van der Waals surface area (Å²) in [5.74, 6) is 1.13. The molecule has 8 aliphatic rings. The number of hydrogen-bond donors (Lipinski definition) is 5. The molecule has 0 bridgehead atoms. The molecule has 0 spiro atoms. The monoisotopic (exact) mass is 764 g/mol. The fourth-order valence-corrected chi connectivity index (χ4v) is 12.8. The van der Waals surface area contributed by atoms with Crippen LogP contribution in [0.2, 0.25) is 0 Å². The largest absolute Gasteiger partial charge is 0.458 e. The van der Waals surface area contributed by atoms with Crippen molar-refractivity contribution in [1.82, 2.24) is 0 Å². The molecule has 0 aromatic carbocycles. The molecule has 4 aliphatic heterocycles. The number of carbonyl (C=O) groups is 1. The highest BCUT2D eigenvalue weighted by atomic mass is 16.7. The topological polar surface area (TPSA) is 183 Å². The van der Waals surface area contributed by atoms with Gasteiger partial charge in [-0.1, -0.05) is 13.8 Å². The molecule has 3 saturated heterocycles. The lowest BCUT2D eigenvalue weighted by Crippen LogP contribution is -2.62. The first-order valence-corrected chi connectivity index (χ1v) is 20.8. The molecule has 0 unspecified atom stereocenters. The Balaban J connectivity index is 0.826. The molecule has 7 fully saturated rings. The Labute approximate surface area is 319 Å². The van der Waals surface area contributed by atoms with Gasteiger partial charge in [-0.3, -0.25) is 0 Å². The predicted octanol–water partition coefficient (Wildman–Crippen LogP) is 3.25. The predicted molar refractivity (Wildman–Crippen MR) is 191 cm³/mol. The highest BCUT2D eigenvalue weighted by Crippen LogP contribution is 2.70. The van der Waals surface area contributed by atoms with E-state index in [4.69, 9.17) is 33.2 Å². The van der Waals surface area contributed by atoms with Crippen LogP contribution in [0.5, 0.6) is 0 Å². The molecule has 4 saturated carbocycles. The van der Waals surface area contributed by atoms with Crippen LogP contribution in [0.1, 0.15) is 112 Å². The summed E-state index contributed by atoms with van der Waals surface area (Å²) in [6, 6.07) is 0. The van der Waals surface area contributed by atoms with Gasteiger partial charge in [0.05, 0.1) is 48.3 Å². The van der Waals surface area contributed by atoms with Crippen molar-refractivity contribution in [3.05, 3.63) is 11.6 Å². The lowest BCUT2D eigenvalue weighted by Gasteiger charge is -2.64. The molecule has 5 N–H and O–H groups in total. The van der Waals surface area contributed by atoms with Gasteiger partial charge < -0.3 is 58.7 Å². The number of ether oxygens (including phenoxy) is 7. The van der Waals surface area contributed by atoms with Crippen molar-refractivity contribution in [2.75, 3.05) is 6.61 Å². The van der Waals surface area contributed by atoms with Crippen LogP contribution in [0.3, 0.4) is 0 Å². The SMILES string of the molecule is C[C@@H]1O[C@@H](O[C@H]2[C@H](C)O[C@H](O[C@H]3CC[C@@]4(C)[C@H](CC[C@@H]5[C@@H]4CC[C@]4(C)[C@@H](C6=CC(=O)OC6)CC[C@]54O)C3)C[C@@H]2O)C[C@H](O)[C@H]1O[C@@H]1C[C@@H](O)[C@H](O)[C@@H](C)O1. The van der Waals surface area contributed by atoms with Gasteiger partial charge in [0.15, 0.2) is 18.9 Å². The Morgan fingerprint density at radius 1 is 0.685 bits per heavy atom. The summed E-state index contributed by atoms with van der Waals surface area (Å²) >= 11 is 0. The summed E-state index contributed by atoms with van der Waals surface area (Å²) in [7, 11) is 0. The van der Waals surface area contributed by atoms with E-state index in [1.54, 1.807) is 19.9 Å². The molecular weight excluding hydrogens is 700 g/mol. The zero-order valence-corrected chi connectivity index (χ0v) is 32.6. The standard InChI is InChI=1S/C41H64O13/c1-20-36(46)29(42)16-34(49-20)53-38-22(3)51-35(18-31(38)44)54-37-21(2)50-33(17-30(37)43)52-25-8-11-39(4)24(15-25)6-7-28-27(39)9-12-40(5)26(10-13-41(28,40)47)23-14-32(45)48-19-23/h14,20-22,24-31,33-38,42-44,46-47H,6-13,15-19H2,1-5H3/t20-,21+,22+,24-,25+,26-,27+,28-,29-,30+,31+,33-,34-,35+,36-,37+,38+,39+,40-,41+/m1/s1. The van der Waals surface area contributed by atoms with Crippen molar-refractivity contribution >= 4 is 5.97 Å². The van der Waals surface area contributed by atoms with Gasteiger partial charge in [-0.2, -0.15) is 0 Å². The first kappa shape index (κ1) is 39.6. The second-order valence-corrected chi connectivity index (χ2v) is 18.7. The quantitative estimate of drug-likeness (QED) is 0.188. The molecule has 4 aliphatic carbocycles. The van der Waals surface area contributed by atoms with Crippen LogP contribution in [0, 0.1) is 34.5 Å². The van der Waals surface area contributed by atoms with Crippen LogP contribution in [-0.2, 0) is 38.0 Å². The molecular formula is C41H64O13. The van der Waals surface area contributed by atoms with E-state index in [0.29, 0.717) is 18.4 Å². The van der Waals surface area contributed by atoms with Crippen LogP contribution in [-0.4, -0.2) is 124 Å². The average Bonchev–Trinajstić information content (AvgIpc) is 3.66. The number of fused-ring (bicyclic) bond motifs is 5. The summed E-state index contributed by atoms with van der Waals surface area (Å²) in [4.78, 5) is 11.9. The zero-order chi connectivity index (χ0) is 38.3. The molecule has 0 amide bonds. The van der Waals surface area contributed by atoms with Gasteiger partial charge in [-0.25, -0.2) is 4.79 Å². The molecule has 0 aromatic heterocycles. The molecule has 0 aromatic rings. The molecule has 0 radical (unpaired) electrons. The second-order valence-electron chi connectivity index (χ2n) is 18.7. The molecule has 13 heteroatoms. The third-order valence-corrected chi connectivity index (χ3v) is 15.9. The maximum atomic E-state index is 12.6. The minimum Gasteiger partial charge on any atom is -0.458 e. The summed E-state index contributed by atoms with van der Waals surface area (Å²) in [5, 5.41) is 55.0. The van der Waals surface area contributed by atoms with E-state index in [2.05, 4.69) is 13.8 Å². The molecule has 4 heterocycles. The number of aliphatic hydroxyl groups excluding tert-OH is 4. The van der Waals surface area contributed by atoms with Gasteiger partial charge in [0.2, 0.25) is 0 Å². The zero-order valence-electron chi connectivity index (χ0n) is 32.6. The fourth-order valence-electron chi connectivity index (χ4n) is 12.8. The number of carbonyl (C=O) groups excluding carboxylic acids is 1. The fraction of sp³-hybridized carbons (Fsp3) is 0.927. The first-order chi connectivity index (χ1) is 25.6. The van der Waals surface area contributed by atoms with E-state index in [1.807, 2.05) is 6.92 Å². The molecule has 54 heavy (non-hydrogen) atoms. The van der Waals surface area contributed by atoms with Gasteiger partial charge >= 0.3 is 5.97 Å². The second kappa shape index (κ2) is 14.9. The van der Waals surface area contributed by atoms with Crippen LogP contribution >= 0.6 is 0 Å². The summed E-state index contributed by atoms with van der Waals surface area (Å²) < 4.78 is 42.2. The van der Waals surface area contributed by atoms with Crippen LogP contribution in [0.4, 0.5) is 0 Å². The minimum atomic E-state index is -0.996. The van der Waals surface area contributed by atoms with Crippen molar-refractivity contribution in [3.63, 3.8) is 0 Å². The molecule has 8 rings (SSSR count). The Morgan fingerprint density at radius 2 is 1.30 bits per heavy atom. The number of cyclic esters (lactones) is 1. The summed E-state index contributed by atoms with van der Waals surface area (Å²) in [6.45, 7) is 10.4. The Hall–Kier alpha value is -1.23. The van der Waals surface area contributed by atoms with Gasteiger partial charge in [0.25, 0.3) is 0 Å². The highest BCUT2D eigenvalue weighted by molar-refractivity contribution is 5.85. The number of aliphatic hydroxyl groups is 5. The van der Waals surface area contributed by atoms with E-state index >= 15 is 0 Å². The van der Waals surface area contributed by atoms with Gasteiger partial charge in [-0.05, 0) is 113 Å². The first-order valence-electron chi connectivity index (χ1n) is 20.8. The normalized spacial score (nSPS) is 55.0. The number of esters is 1. The van der Waals surface area contributed by atoms with Gasteiger partial charge in [0, 0.05) is 30.8 Å². The van der Waals surface area contributed by atoms with Gasteiger partial charge in [0.1, 0.15) is 24.9 Å². The Bertz CT molecular complexity index is 1370. The third-order valence-electron chi connectivity index (χ3n) is 15.9. The Morgan fingerprint density at radius 3 is 1.89 bits per heavy atom. The van der Waals surface area contributed by atoms with E-state index in [9.17, 15) is 30.3 Å². The minimum absolute atomic E-state index is 0.0243. The molecule has 13 nitrogen and oxygen atoms in total. The van der Waals surface area contributed by atoms with Gasteiger partial charge in [-0.15, -0.1) is 0 Å². The van der Waals surface area contributed by atoms with Crippen LogP contribution in [0.25, 0.3) is 0 Å². The molecule has 20 atom stereocenters. The number of hydrogen-bond acceptors (Lipinski definition) is 13. The number of rotatable bonds is 7. The summed E-state index contributed by atoms with van der Waals surface area (Å²) in [5.41, 5.74) is 0.215. The maximum Gasteiger partial charge on any atom is 0.331 e. The van der Waals surface area contributed by atoms with Crippen molar-refractivity contribution in [2.24, 2.45) is 34.5 Å². The summed E-state index contributed by atoms with van der Waals surface area (Å²) in [6.07, 6.45) is 1.90. The Kier molecular flexibility index (Phi) is 10.9. The third kappa shape index (κ3) is 6.82. The van der Waals surface area contributed by atoms with E-state index < -0.39 is 79.4 Å². The van der Waals surface area contributed by atoms with Crippen molar-refractivity contribution in [2.45, 2.75) is 197 Å². The van der Waals surface area contributed by atoms with E-state index in [-0.39, 0.29) is 54.0 Å². The lowest BCUT2D eigenvalue weighted by atomic mass is 9.43. The lowest BCUT2D eigenvalue weighted by molar-refractivity contribution is -0.336. The van der Waals surface area contributed by atoms with Crippen molar-refractivity contribution < 1.29 is 63.5 Å². The van der Waals surface area contributed by atoms with E-state index in [1.165, 1.54) is 0 Å². The highest BCUT2D eigenvalue weighted by Gasteiger charge is 2.68. The van der Waals surface area contributed by atoms with E-state index in [0.717, 1.165) is 63.4 Å². The molecule has 306 valence electrons. The maximum absolute atomic E-state index is 12.6. The van der Waals surface area contributed by atoms with Crippen LogP contribution in [0.15, 0.2) is 11.6 Å². The average molecular weight is 765 g/mol. The van der Waals surface area contributed by atoms with Crippen molar-refractivity contribution in [1.29, 1.82) is 0 Å².